The van der Waals surface area contributed by atoms with E-state index in [0.29, 0.717) is 23.2 Å². The Morgan fingerprint density at radius 2 is 2.00 bits per heavy atom. The molecule has 1 aliphatic rings. The summed E-state index contributed by atoms with van der Waals surface area (Å²) in [6.45, 7) is 4.87. The first-order chi connectivity index (χ1) is 14.2. The van der Waals surface area contributed by atoms with Gasteiger partial charge in [0.05, 0.1) is 18.1 Å². The van der Waals surface area contributed by atoms with E-state index in [1.807, 2.05) is 19.1 Å². The molecule has 0 atom stereocenters. The minimum absolute atomic E-state index is 0.257. The summed E-state index contributed by atoms with van der Waals surface area (Å²) in [6.07, 6.45) is 5.18. The van der Waals surface area contributed by atoms with E-state index >= 15 is 0 Å². The van der Waals surface area contributed by atoms with Gasteiger partial charge in [0, 0.05) is 12.6 Å². The lowest BCUT2D eigenvalue weighted by atomic mass is 9.98. The maximum Gasteiger partial charge on any atom is 0.170 e. The Kier molecular flexibility index (Phi) is 5.83. The summed E-state index contributed by atoms with van der Waals surface area (Å²) >= 11 is 1.48. The van der Waals surface area contributed by atoms with E-state index in [2.05, 4.69) is 46.3 Å². The van der Waals surface area contributed by atoms with Crippen molar-refractivity contribution in [1.29, 1.82) is 5.26 Å². The van der Waals surface area contributed by atoms with Crippen LogP contribution >= 0.6 is 11.3 Å². The van der Waals surface area contributed by atoms with Crippen LogP contribution in [0.2, 0.25) is 0 Å². The van der Waals surface area contributed by atoms with Crippen LogP contribution in [-0.2, 0) is 0 Å². The van der Waals surface area contributed by atoms with Gasteiger partial charge >= 0.3 is 0 Å². The second kappa shape index (κ2) is 8.85. The number of piperidine rings is 1. The molecule has 4 rings (SSSR count). The van der Waals surface area contributed by atoms with Crippen molar-refractivity contribution in [1.82, 2.24) is 35.7 Å². The molecule has 0 aromatic carbocycles. The zero-order valence-corrected chi connectivity index (χ0v) is 16.7. The van der Waals surface area contributed by atoms with Gasteiger partial charge in [0.2, 0.25) is 0 Å². The largest absolute Gasteiger partial charge is 0.383 e. The average Bonchev–Trinajstić information content (AvgIpc) is 3.20. The van der Waals surface area contributed by atoms with Crippen LogP contribution in [0.4, 0.5) is 17.3 Å². The number of hydrogen-bond acceptors (Lipinski definition) is 11. The molecule has 0 amide bonds. The molecule has 1 saturated heterocycles. The van der Waals surface area contributed by atoms with E-state index in [1.54, 1.807) is 0 Å². The number of rotatable bonds is 6. The van der Waals surface area contributed by atoms with Gasteiger partial charge in [0.25, 0.3) is 0 Å². The van der Waals surface area contributed by atoms with Gasteiger partial charge in [-0.25, -0.2) is 9.97 Å². The Morgan fingerprint density at radius 3 is 2.69 bits per heavy atom. The number of aryl methyl sites for hydroxylation is 1. The van der Waals surface area contributed by atoms with E-state index in [4.69, 9.17) is 5.26 Å². The lowest BCUT2D eigenvalue weighted by Gasteiger charge is -2.23. The Labute approximate surface area is 171 Å². The summed E-state index contributed by atoms with van der Waals surface area (Å²) in [6, 6.07) is 3.84. The topological polar surface area (TPSA) is 137 Å². The zero-order valence-electron chi connectivity index (χ0n) is 15.9. The molecule has 148 valence electrons. The number of aromatic nitrogens is 6. The van der Waals surface area contributed by atoms with Crippen LogP contribution in [0, 0.1) is 24.2 Å². The van der Waals surface area contributed by atoms with Crippen molar-refractivity contribution in [2.75, 3.05) is 30.3 Å². The Morgan fingerprint density at radius 1 is 1.14 bits per heavy atom. The third-order valence-electron chi connectivity index (χ3n) is 4.58. The molecular weight excluding hydrogens is 388 g/mol. The molecule has 29 heavy (non-hydrogen) atoms. The van der Waals surface area contributed by atoms with Crippen LogP contribution in [-0.4, -0.2) is 50.0 Å². The molecule has 0 aliphatic carbocycles. The molecule has 3 N–H and O–H groups in total. The number of nitriles is 1. The van der Waals surface area contributed by atoms with Crippen molar-refractivity contribution in [3.8, 4) is 16.8 Å². The fourth-order valence-corrected chi connectivity index (χ4v) is 3.75. The first-order valence-corrected chi connectivity index (χ1v) is 10.1. The average molecular weight is 408 g/mol. The third kappa shape index (κ3) is 4.79. The molecule has 1 fully saturated rings. The van der Waals surface area contributed by atoms with Gasteiger partial charge in [0.15, 0.2) is 16.5 Å². The second-order valence-electron chi connectivity index (χ2n) is 6.72. The summed E-state index contributed by atoms with van der Waals surface area (Å²) in [7, 11) is 0. The van der Waals surface area contributed by atoms with Crippen molar-refractivity contribution in [2.45, 2.75) is 19.8 Å². The highest BCUT2D eigenvalue weighted by molar-refractivity contribution is 7.14. The van der Waals surface area contributed by atoms with Crippen LogP contribution in [0.25, 0.3) is 10.7 Å². The summed E-state index contributed by atoms with van der Waals surface area (Å²) in [4.78, 5) is 8.18. The first-order valence-electron chi connectivity index (χ1n) is 9.33. The second-order valence-corrected chi connectivity index (χ2v) is 7.90. The predicted molar refractivity (Wildman–Crippen MR) is 110 cm³/mol. The monoisotopic (exact) mass is 408 g/mol. The Balaban J connectivity index is 1.57. The van der Waals surface area contributed by atoms with Crippen molar-refractivity contribution in [2.24, 2.45) is 5.92 Å². The third-order valence-corrected chi connectivity index (χ3v) is 5.43. The number of hydrogen-bond donors (Lipinski definition) is 3. The highest BCUT2D eigenvalue weighted by atomic mass is 32.1. The Hall–Kier alpha value is -3.23. The van der Waals surface area contributed by atoms with Crippen molar-refractivity contribution in [3.05, 3.63) is 29.2 Å². The maximum atomic E-state index is 8.84. The van der Waals surface area contributed by atoms with Gasteiger partial charge < -0.3 is 16.0 Å². The van der Waals surface area contributed by atoms with E-state index in [-0.39, 0.29) is 5.69 Å². The van der Waals surface area contributed by atoms with E-state index in [0.717, 1.165) is 48.2 Å². The number of nitrogens with one attached hydrogen (secondary N) is 3. The van der Waals surface area contributed by atoms with E-state index in [1.165, 1.54) is 23.7 Å². The molecule has 0 saturated carbocycles. The molecule has 0 spiro atoms. The predicted octanol–water partition coefficient (Wildman–Crippen LogP) is 2.12. The highest BCUT2D eigenvalue weighted by Crippen LogP contribution is 2.30. The molecule has 0 radical (unpaired) electrons. The summed E-state index contributed by atoms with van der Waals surface area (Å²) in [5, 5.41) is 37.4. The molecule has 1 aliphatic heterocycles. The van der Waals surface area contributed by atoms with Gasteiger partial charge in [-0.15, -0.1) is 20.4 Å². The molecule has 10 nitrogen and oxygen atoms in total. The normalized spacial score (nSPS) is 14.3. The number of nitrogens with zero attached hydrogens (tertiary/aromatic N) is 7. The lowest BCUT2D eigenvalue weighted by molar-refractivity contribution is 0.390. The van der Waals surface area contributed by atoms with Crippen LogP contribution in [0.15, 0.2) is 18.5 Å². The Bertz CT molecular complexity index is 1000. The van der Waals surface area contributed by atoms with Gasteiger partial charge in [0.1, 0.15) is 22.6 Å². The molecule has 0 unspecified atom stereocenters. The minimum Gasteiger partial charge on any atom is -0.383 e. The molecule has 3 aromatic rings. The van der Waals surface area contributed by atoms with Gasteiger partial charge in [-0.2, -0.15) is 5.26 Å². The van der Waals surface area contributed by atoms with Gasteiger partial charge in [-0.1, -0.05) is 11.3 Å². The van der Waals surface area contributed by atoms with Crippen molar-refractivity contribution in [3.63, 3.8) is 0 Å². The maximum absolute atomic E-state index is 8.84. The van der Waals surface area contributed by atoms with E-state index < -0.39 is 0 Å². The summed E-state index contributed by atoms with van der Waals surface area (Å²) < 4.78 is 0. The lowest BCUT2D eigenvalue weighted by Crippen LogP contribution is -2.31. The van der Waals surface area contributed by atoms with Crippen LogP contribution in [0.3, 0.4) is 0 Å². The summed E-state index contributed by atoms with van der Waals surface area (Å²) in [5.41, 5.74) is 1.78. The molecule has 4 heterocycles. The fraction of sp³-hybridized carbons (Fsp3) is 0.389. The van der Waals surface area contributed by atoms with Crippen LogP contribution in [0.5, 0.6) is 0 Å². The standard InChI is InChI=1S/C18H20N10S/c1-11-25-28-18(29-11)17-14(22-8-12-2-4-20-5-3-12)6-15(26-27-17)24-16-10-21-13(7-19)9-23-16/h6,9-10,12,20H,2-5,8H2,1H3,(H2,22,23,24,26). The van der Waals surface area contributed by atoms with Crippen LogP contribution < -0.4 is 16.0 Å². The van der Waals surface area contributed by atoms with Crippen molar-refractivity contribution < 1.29 is 0 Å². The smallest absolute Gasteiger partial charge is 0.170 e. The van der Waals surface area contributed by atoms with Crippen LogP contribution in [0.1, 0.15) is 23.5 Å². The van der Waals surface area contributed by atoms with Crippen molar-refractivity contribution >= 4 is 28.7 Å². The molecule has 3 aromatic heterocycles. The quantitative estimate of drug-likeness (QED) is 0.556. The van der Waals surface area contributed by atoms with E-state index in [9.17, 15) is 0 Å². The minimum atomic E-state index is 0.257. The first kappa shape index (κ1) is 19.1. The highest BCUT2D eigenvalue weighted by Gasteiger charge is 2.17. The van der Waals surface area contributed by atoms with Gasteiger partial charge in [-0.3, -0.25) is 0 Å². The number of anilines is 3. The summed E-state index contributed by atoms with van der Waals surface area (Å²) in [5.74, 6) is 1.62. The molecular formula is C18H20N10S. The SMILES string of the molecule is Cc1nnc(-c2nnc(Nc3cnc(C#N)cn3)cc2NCC2CCNCC2)s1. The molecule has 11 heteroatoms. The van der Waals surface area contributed by atoms with Gasteiger partial charge in [-0.05, 0) is 38.8 Å². The molecule has 0 bridgehead atoms. The zero-order chi connectivity index (χ0) is 20.1. The fourth-order valence-electron chi connectivity index (χ4n) is 3.06.